The summed E-state index contributed by atoms with van der Waals surface area (Å²) in [7, 11) is 0. The molecule has 2 atom stereocenters. The zero-order chi connectivity index (χ0) is 20.3. The third-order valence-electron chi connectivity index (χ3n) is 5.49. The molecule has 1 aromatic heterocycles. The van der Waals surface area contributed by atoms with Crippen molar-refractivity contribution < 1.29 is 27.8 Å². The van der Waals surface area contributed by atoms with Gasteiger partial charge in [0.15, 0.2) is 0 Å². The molecule has 7 heteroatoms. The van der Waals surface area contributed by atoms with E-state index < -0.39 is 23.7 Å². The zero-order valence-corrected chi connectivity index (χ0v) is 15.2. The van der Waals surface area contributed by atoms with Crippen LogP contribution in [-0.4, -0.2) is 22.0 Å². The van der Waals surface area contributed by atoms with Crippen LogP contribution in [0.5, 0.6) is 5.75 Å². The van der Waals surface area contributed by atoms with Gasteiger partial charge in [0, 0.05) is 28.2 Å². The number of aliphatic carboxylic acids is 1. The highest BCUT2D eigenvalue weighted by molar-refractivity contribution is 5.85. The summed E-state index contributed by atoms with van der Waals surface area (Å²) in [6, 6.07) is 13.6. The Labute approximate surface area is 159 Å². The van der Waals surface area contributed by atoms with E-state index in [1.807, 2.05) is 48.7 Å². The van der Waals surface area contributed by atoms with Crippen LogP contribution >= 0.6 is 0 Å². The smallest absolute Gasteiger partial charge is 0.481 e. The van der Waals surface area contributed by atoms with Gasteiger partial charge in [-0.15, -0.1) is 13.2 Å². The van der Waals surface area contributed by atoms with E-state index in [1.54, 1.807) is 6.07 Å². The SMILES string of the molecule is Cc1cc2ccc(OC(F)(F)F)cc2n1-c1cccc(C2(C)CC2C(=O)O)c1. The summed E-state index contributed by atoms with van der Waals surface area (Å²) < 4.78 is 43.7. The average molecular weight is 389 g/mol. The first-order valence-electron chi connectivity index (χ1n) is 8.80. The predicted molar refractivity (Wildman–Crippen MR) is 97.8 cm³/mol. The molecule has 0 spiro atoms. The predicted octanol–water partition coefficient (Wildman–Crippen LogP) is 5.20. The summed E-state index contributed by atoms with van der Waals surface area (Å²) in [5.74, 6) is -1.52. The minimum absolute atomic E-state index is 0.282. The van der Waals surface area contributed by atoms with E-state index in [2.05, 4.69) is 4.74 Å². The summed E-state index contributed by atoms with van der Waals surface area (Å²) in [5, 5.41) is 10.1. The second-order valence-electron chi connectivity index (χ2n) is 7.45. The molecule has 3 aromatic rings. The summed E-state index contributed by atoms with van der Waals surface area (Å²) in [6.45, 7) is 3.79. The van der Waals surface area contributed by atoms with E-state index >= 15 is 0 Å². The highest BCUT2D eigenvalue weighted by atomic mass is 19.4. The van der Waals surface area contributed by atoms with Gasteiger partial charge in [0.1, 0.15) is 5.75 Å². The minimum Gasteiger partial charge on any atom is -0.481 e. The summed E-state index contributed by atoms with van der Waals surface area (Å²) in [5.41, 5.74) is 2.69. The van der Waals surface area contributed by atoms with Crippen LogP contribution in [0.2, 0.25) is 0 Å². The molecule has 0 amide bonds. The van der Waals surface area contributed by atoms with Crippen molar-refractivity contribution in [3.8, 4) is 11.4 Å². The fourth-order valence-electron chi connectivity index (χ4n) is 3.90. The first kappa shape index (κ1) is 18.4. The number of carbonyl (C=O) groups is 1. The molecule has 1 N–H and O–H groups in total. The molecule has 1 fully saturated rings. The number of carboxylic acid groups (broad SMARTS) is 1. The number of rotatable bonds is 4. The van der Waals surface area contributed by atoms with Crippen LogP contribution in [0.3, 0.4) is 0 Å². The molecular weight excluding hydrogens is 371 g/mol. The molecule has 1 aliphatic rings. The van der Waals surface area contributed by atoms with Crippen LogP contribution in [0.15, 0.2) is 48.5 Å². The molecule has 1 saturated carbocycles. The first-order chi connectivity index (χ1) is 13.1. The fourth-order valence-corrected chi connectivity index (χ4v) is 3.90. The van der Waals surface area contributed by atoms with E-state index in [9.17, 15) is 23.1 Å². The number of ether oxygens (including phenoxy) is 1. The third-order valence-corrected chi connectivity index (χ3v) is 5.49. The van der Waals surface area contributed by atoms with Crippen molar-refractivity contribution in [1.29, 1.82) is 0 Å². The van der Waals surface area contributed by atoms with E-state index in [0.717, 1.165) is 22.3 Å². The number of halogens is 3. The van der Waals surface area contributed by atoms with Crippen molar-refractivity contribution in [3.05, 3.63) is 59.8 Å². The highest BCUT2D eigenvalue weighted by Gasteiger charge is 2.55. The fraction of sp³-hybridized carbons (Fsp3) is 0.286. The standard InChI is InChI=1S/C21H18F3NO3/c1-12-8-13-6-7-16(28-21(22,23)24)10-18(13)25(12)15-5-3-4-14(9-15)20(2)11-17(20)19(26)27/h3-10,17H,11H2,1-2H3,(H,26,27). The van der Waals surface area contributed by atoms with Crippen molar-refractivity contribution >= 4 is 16.9 Å². The van der Waals surface area contributed by atoms with Gasteiger partial charge in [0.2, 0.25) is 0 Å². The van der Waals surface area contributed by atoms with E-state index in [-0.39, 0.29) is 5.75 Å². The lowest BCUT2D eigenvalue weighted by atomic mass is 9.95. The van der Waals surface area contributed by atoms with Gasteiger partial charge in [-0.2, -0.15) is 0 Å². The maximum atomic E-state index is 12.6. The Morgan fingerprint density at radius 1 is 1.21 bits per heavy atom. The van der Waals surface area contributed by atoms with Gasteiger partial charge in [0.25, 0.3) is 0 Å². The molecule has 2 unspecified atom stereocenters. The van der Waals surface area contributed by atoms with Gasteiger partial charge in [-0.25, -0.2) is 0 Å². The lowest BCUT2D eigenvalue weighted by molar-refractivity contribution is -0.274. The second-order valence-corrected chi connectivity index (χ2v) is 7.45. The van der Waals surface area contributed by atoms with Crippen LogP contribution < -0.4 is 4.74 Å². The lowest BCUT2D eigenvalue weighted by Gasteiger charge is -2.15. The molecule has 4 rings (SSSR count). The number of aromatic nitrogens is 1. The Balaban J connectivity index is 1.79. The number of aryl methyl sites for hydroxylation is 1. The monoisotopic (exact) mass is 389 g/mol. The van der Waals surface area contributed by atoms with E-state index in [0.29, 0.717) is 11.9 Å². The highest BCUT2D eigenvalue weighted by Crippen LogP contribution is 2.54. The van der Waals surface area contributed by atoms with Crippen LogP contribution in [0.4, 0.5) is 13.2 Å². The van der Waals surface area contributed by atoms with Gasteiger partial charge >= 0.3 is 12.3 Å². The third kappa shape index (κ3) is 3.10. The van der Waals surface area contributed by atoms with Crippen LogP contribution in [-0.2, 0) is 10.2 Å². The van der Waals surface area contributed by atoms with Crippen molar-refractivity contribution in [1.82, 2.24) is 4.57 Å². The molecule has 0 radical (unpaired) electrons. The number of nitrogens with zero attached hydrogens (tertiary/aromatic N) is 1. The molecule has 0 saturated heterocycles. The normalized spacial score (nSPS) is 21.7. The number of hydrogen-bond donors (Lipinski definition) is 1. The Kier molecular flexibility index (Phi) is 3.96. The van der Waals surface area contributed by atoms with Crippen LogP contribution in [0.25, 0.3) is 16.6 Å². The van der Waals surface area contributed by atoms with Crippen LogP contribution in [0, 0.1) is 12.8 Å². The molecule has 1 aliphatic carbocycles. The quantitative estimate of drug-likeness (QED) is 0.667. The molecule has 146 valence electrons. The molecule has 0 bridgehead atoms. The first-order valence-corrected chi connectivity index (χ1v) is 8.80. The number of benzene rings is 2. The van der Waals surface area contributed by atoms with E-state index in [4.69, 9.17) is 0 Å². The molecule has 0 aliphatic heterocycles. The largest absolute Gasteiger partial charge is 0.573 e. The summed E-state index contributed by atoms with van der Waals surface area (Å²) >= 11 is 0. The van der Waals surface area contributed by atoms with Crippen molar-refractivity contribution in [2.45, 2.75) is 32.0 Å². The number of carboxylic acids is 1. The maximum Gasteiger partial charge on any atom is 0.573 e. The van der Waals surface area contributed by atoms with Crippen molar-refractivity contribution in [3.63, 3.8) is 0 Å². The Morgan fingerprint density at radius 2 is 1.96 bits per heavy atom. The van der Waals surface area contributed by atoms with Crippen molar-refractivity contribution in [2.75, 3.05) is 0 Å². The topological polar surface area (TPSA) is 51.5 Å². The molecule has 28 heavy (non-hydrogen) atoms. The molecule has 2 aromatic carbocycles. The molecule has 1 heterocycles. The summed E-state index contributed by atoms with van der Waals surface area (Å²) in [4.78, 5) is 11.3. The zero-order valence-electron chi connectivity index (χ0n) is 15.2. The summed E-state index contributed by atoms with van der Waals surface area (Å²) in [6.07, 6.45) is -4.19. The van der Waals surface area contributed by atoms with Crippen LogP contribution in [0.1, 0.15) is 24.6 Å². The van der Waals surface area contributed by atoms with Gasteiger partial charge < -0.3 is 14.4 Å². The van der Waals surface area contributed by atoms with E-state index in [1.165, 1.54) is 12.1 Å². The maximum absolute atomic E-state index is 12.6. The Hall–Kier alpha value is -2.96. The lowest BCUT2D eigenvalue weighted by Crippen LogP contribution is -2.17. The number of hydrogen-bond acceptors (Lipinski definition) is 2. The van der Waals surface area contributed by atoms with Gasteiger partial charge in [0.05, 0.1) is 11.4 Å². The second kappa shape index (κ2) is 6.02. The van der Waals surface area contributed by atoms with Gasteiger partial charge in [-0.3, -0.25) is 4.79 Å². The molecule has 4 nitrogen and oxygen atoms in total. The molecular formula is C21H18F3NO3. The van der Waals surface area contributed by atoms with Gasteiger partial charge in [-0.1, -0.05) is 19.1 Å². The Bertz CT molecular complexity index is 1090. The Morgan fingerprint density at radius 3 is 2.61 bits per heavy atom. The average Bonchev–Trinajstić information content (AvgIpc) is 3.20. The number of fused-ring (bicyclic) bond motifs is 1. The van der Waals surface area contributed by atoms with Crippen molar-refractivity contribution in [2.24, 2.45) is 5.92 Å². The number of alkyl halides is 3. The minimum atomic E-state index is -4.76. The van der Waals surface area contributed by atoms with Gasteiger partial charge in [-0.05, 0) is 49.2 Å².